The van der Waals surface area contributed by atoms with Crippen LogP contribution in [0.15, 0.2) is 48.2 Å². The SMILES string of the molecule is NNC(c1cnccn1)c1csc2ccccc12. The zero-order valence-corrected chi connectivity index (χ0v) is 10.4. The second-order valence-corrected chi connectivity index (χ2v) is 4.83. The van der Waals surface area contributed by atoms with Crippen molar-refractivity contribution in [1.82, 2.24) is 15.4 Å². The first-order valence-corrected chi connectivity index (χ1v) is 6.46. The molecule has 0 spiro atoms. The average molecular weight is 256 g/mol. The largest absolute Gasteiger partial charge is 0.271 e. The summed E-state index contributed by atoms with van der Waals surface area (Å²) in [6.45, 7) is 0. The van der Waals surface area contributed by atoms with Gasteiger partial charge in [-0.05, 0) is 22.4 Å². The molecule has 0 amide bonds. The standard InChI is InChI=1S/C13H12N4S/c14-17-13(11-7-15-5-6-16-11)10-8-18-12-4-2-1-3-9(10)12/h1-8,13,17H,14H2. The van der Waals surface area contributed by atoms with E-state index in [9.17, 15) is 0 Å². The molecule has 18 heavy (non-hydrogen) atoms. The number of nitrogens with zero attached hydrogens (tertiary/aromatic N) is 2. The van der Waals surface area contributed by atoms with E-state index in [1.165, 1.54) is 10.1 Å². The number of aromatic nitrogens is 2. The number of rotatable bonds is 3. The molecule has 1 unspecified atom stereocenters. The van der Waals surface area contributed by atoms with Gasteiger partial charge >= 0.3 is 0 Å². The summed E-state index contributed by atoms with van der Waals surface area (Å²) in [5, 5.41) is 3.32. The normalized spacial score (nSPS) is 12.7. The highest BCUT2D eigenvalue weighted by Crippen LogP contribution is 2.32. The Kier molecular flexibility index (Phi) is 3.02. The number of thiophene rings is 1. The smallest absolute Gasteiger partial charge is 0.0911 e. The number of benzene rings is 1. The second-order valence-electron chi connectivity index (χ2n) is 3.92. The number of nitrogens with two attached hydrogens (primary N) is 1. The molecule has 0 fully saturated rings. The van der Waals surface area contributed by atoms with Gasteiger partial charge in [0, 0.05) is 17.1 Å². The molecule has 1 atom stereocenters. The Labute approximate surface area is 108 Å². The lowest BCUT2D eigenvalue weighted by Crippen LogP contribution is -2.29. The van der Waals surface area contributed by atoms with Crippen LogP contribution in [0, 0.1) is 0 Å². The fraction of sp³-hybridized carbons (Fsp3) is 0.0769. The Morgan fingerprint density at radius 3 is 2.89 bits per heavy atom. The first kappa shape index (κ1) is 11.3. The quantitative estimate of drug-likeness (QED) is 0.557. The third-order valence-corrected chi connectivity index (χ3v) is 3.85. The second kappa shape index (κ2) is 4.81. The number of hydrogen-bond acceptors (Lipinski definition) is 5. The Hall–Kier alpha value is -1.82. The van der Waals surface area contributed by atoms with Crippen LogP contribution >= 0.6 is 11.3 Å². The maximum absolute atomic E-state index is 5.67. The topological polar surface area (TPSA) is 63.8 Å². The Bertz CT molecular complexity index is 650. The molecule has 0 aliphatic heterocycles. The van der Waals surface area contributed by atoms with Gasteiger partial charge in [0.15, 0.2) is 0 Å². The van der Waals surface area contributed by atoms with Gasteiger partial charge in [-0.1, -0.05) is 18.2 Å². The summed E-state index contributed by atoms with van der Waals surface area (Å²) >= 11 is 1.71. The van der Waals surface area contributed by atoms with Crippen molar-refractivity contribution in [3.63, 3.8) is 0 Å². The molecule has 0 saturated carbocycles. The summed E-state index contributed by atoms with van der Waals surface area (Å²) in [6.07, 6.45) is 5.06. The van der Waals surface area contributed by atoms with Gasteiger partial charge in [-0.15, -0.1) is 11.3 Å². The van der Waals surface area contributed by atoms with Crippen molar-refractivity contribution in [1.29, 1.82) is 0 Å². The molecule has 90 valence electrons. The molecular weight excluding hydrogens is 244 g/mol. The van der Waals surface area contributed by atoms with Crippen LogP contribution < -0.4 is 11.3 Å². The molecule has 4 nitrogen and oxygen atoms in total. The van der Waals surface area contributed by atoms with Gasteiger partial charge in [-0.3, -0.25) is 15.8 Å². The molecule has 0 saturated heterocycles. The van der Waals surface area contributed by atoms with E-state index in [2.05, 4.69) is 32.9 Å². The molecule has 3 rings (SSSR count). The minimum Gasteiger partial charge on any atom is -0.271 e. The predicted octanol–water partition coefficient (Wildman–Crippen LogP) is 2.24. The van der Waals surface area contributed by atoms with Crippen molar-refractivity contribution in [2.24, 2.45) is 5.84 Å². The molecule has 5 heteroatoms. The van der Waals surface area contributed by atoms with E-state index >= 15 is 0 Å². The van der Waals surface area contributed by atoms with E-state index in [-0.39, 0.29) is 6.04 Å². The van der Waals surface area contributed by atoms with Gasteiger partial charge in [0.1, 0.15) is 0 Å². The average Bonchev–Trinajstić information content (AvgIpc) is 2.85. The van der Waals surface area contributed by atoms with E-state index in [0.29, 0.717) is 0 Å². The van der Waals surface area contributed by atoms with Crippen molar-refractivity contribution in [3.05, 3.63) is 59.5 Å². The zero-order valence-electron chi connectivity index (χ0n) is 9.58. The molecule has 3 N–H and O–H groups in total. The van der Waals surface area contributed by atoms with Gasteiger partial charge in [0.25, 0.3) is 0 Å². The minimum atomic E-state index is -0.130. The maximum atomic E-state index is 5.67. The molecule has 0 aliphatic carbocycles. The summed E-state index contributed by atoms with van der Waals surface area (Å²) in [6, 6.07) is 8.14. The molecule has 0 aliphatic rings. The van der Waals surface area contributed by atoms with E-state index in [1.54, 1.807) is 29.9 Å². The fourth-order valence-electron chi connectivity index (χ4n) is 2.02. The van der Waals surface area contributed by atoms with Gasteiger partial charge < -0.3 is 0 Å². The predicted molar refractivity (Wildman–Crippen MR) is 73.0 cm³/mol. The number of hydrazine groups is 1. The van der Waals surface area contributed by atoms with Crippen molar-refractivity contribution < 1.29 is 0 Å². The molecule has 0 bridgehead atoms. The lowest BCUT2D eigenvalue weighted by molar-refractivity contribution is 0.623. The van der Waals surface area contributed by atoms with Crippen LogP contribution in [0.2, 0.25) is 0 Å². The van der Waals surface area contributed by atoms with Crippen LogP contribution in [0.3, 0.4) is 0 Å². The number of hydrogen-bond donors (Lipinski definition) is 2. The van der Waals surface area contributed by atoms with Crippen LogP contribution in [-0.2, 0) is 0 Å². The van der Waals surface area contributed by atoms with Crippen LogP contribution in [0.4, 0.5) is 0 Å². The maximum Gasteiger partial charge on any atom is 0.0911 e. The van der Waals surface area contributed by atoms with Gasteiger partial charge in [-0.25, -0.2) is 5.43 Å². The van der Waals surface area contributed by atoms with Crippen molar-refractivity contribution in [3.8, 4) is 0 Å². The van der Waals surface area contributed by atoms with Crippen LogP contribution in [-0.4, -0.2) is 9.97 Å². The molecule has 2 aromatic heterocycles. The van der Waals surface area contributed by atoms with E-state index in [4.69, 9.17) is 5.84 Å². The van der Waals surface area contributed by atoms with Gasteiger partial charge in [-0.2, -0.15) is 0 Å². The molecule has 0 radical (unpaired) electrons. The van der Waals surface area contributed by atoms with Gasteiger partial charge in [0.05, 0.1) is 17.9 Å². The van der Waals surface area contributed by atoms with Crippen molar-refractivity contribution in [2.75, 3.05) is 0 Å². The molecule has 2 heterocycles. The summed E-state index contributed by atoms with van der Waals surface area (Å²) in [4.78, 5) is 8.40. The monoisotopic (exact) mass is 256 g/mol. The lowest BCUT2D eigenvalue weighted by Gasteiger charge is -2.14. The highest BCUT2D eigenvalue weighted by atomic mass is 32.1. The third-order valence-electron chi connectivity index (χ3n) is 2.87. The molecule has 3 aromatic rings. The Morgan fingerprint density at radius 2 is 2.11 bits per heavy atom. The minimum absolute atomic E-state index is 0.130. The zero-order chi connectivity index (χ0) is 12.4. The summed E-state index contributed by atoms with van der Waals surface area (Å²) in [5.74, 6) is 5.67. The van der Waals surface area contributed by atoms with Crippen molar-refractivity contribution in [2.45, 2.75) is 6.04 Å². The van der Waals surface area contributed by atoms with Crippen molar-refractivity contribution >= 4 is 21.4 Å². The first-order chi connectivity index (χ1) is 8.90. The molecule has 1 aromatic carbocycles. The van der Waals surface area contributed by atoms with Crippen LogP contribution in [0.5, 0.6) is 0 Å². The van der Waals surface area contributed by atoms with Gasteiger partial charge in [0.2, 0.25) is 0 Å². The number of nitrogens with one attached hydrogen (secondary N) is 1. The van der Waals surface area contributed by atoms with E-state index in [0.717, 1.165) is 11.3 Å². The lowest BCUT2D eigenvalue weighted by atomic mass is 10.0. The Morgan fingerprint density at radius 1 is 1.22 bits per heavy atom. The van der Waals surface area contributed by atoms with Crippen LogP contribution in [0.25, 0.3) is 10.1 Å². The van der Waals surface area contributed by atoms with Crippen LogP contribution in [0.1, 0.15) is 17.3 Å². The summed E-state index contributed by atoms with van der Waals surface area (Å²) in [7, 11) is 0. The summed E-state index contributed by atoms with van der Waals surface area (Å²) in [5.41, 5.74) is 4.78. The van der Waals surface area contributed by atoms with E-state index in [1.807, 2.05) is 12.1 Å². The number of fused-ring (bicyclic) bond motifs is 1. The summed E-state index contributed by atoms with van der Waals surface area (Å²) < 4.78 is 1.25. The first-order valence-electron chi connectivity index (χ1n) is 5.58. The molecular formula is C13H12N4S. The third kappa shape index (κ3) is 1.88. The Balaban J connectivity index is 2.12. The van der Waals surface area contributed by atoms with E-state index < -0.39 is 0 Å². The fourth-order valence-corrected chi connectivity index (χ4v) is 3.00. The highest BCUT2D eigenvalue weighted by Gasteiger charge is 2.17. The highest BCUT2D eigenvalue weighted by molar-refractivity contribution is 7.17.